The van der Waals surface area contributed by atoms with Crippen molar-refractivity contribution in [1.82, 2.24) is 4.98 Å². The minimum atomic E-state index is 0.570. The molecule has 1 heterocycles. The van der Waals surface area contributed by atoms with Crippen LogP contribution in [0, 0.1) is 0 Å². The fourth-order valence-corrected chi connectivity index (χ4v) is 2.32. The SMILES string of the molecule is O=Cc1cnc(-c2cc(Cl)ccc2Cl)s1. The van der Waals surface area contributed by atoms with E-state index in [1.54, 1.807) is 18.2 Å². The van der Waals surface area contributed by atoms with E-state index >= 15 is 0 Å². The van der Waals surface area contributed by atoms with Gasteiger partial charge in [-0.2, -0.15) is 0 Å². The van der Waals surface area contributed by atoms with Crippen LogP contribution in [0.3, 0.4) is 0 Å². The maximum Gasteiger partial charge on any atom is 0.161 e. The summed E-state index contributed by atoms with van der Waals surface area (Å²) in [5.41, 5.74) is 0.752. The largest absolute Gasteiger partial charge is 0.297 e. The molecule has 1 aromatic heterocycles. The molecule has 0 aliphatic heterocycles. The fraction of sp³-hybridized carbons (Fsp3) is 0. The third-order valence-corrected chi connectivity index (χ3v) is 3.32. The van der Waals surface area contributed by atoms with E-state index in [1.807, 2.05) is 0 Å². The van der Waals surface area contributed by atoms with Crippen LogP contribution in [-0.4, -0.2) is 11.3 Å². The number of hydrogen-bond acceptors (Lipinski definition) is 3. The zero-order chi connectivity index (χ0) is 10.8. The van der Waals surface area contributed by atoms with Crippen molar-refractivity contribution in [1.29, 1.82) is 0 Å². The van der Waals surface area contributed by atoms with Crippen LogP contribution in [0.2, 0.25) is 10.0 Å². The van der Waals surface area contributed by atoms with Crippen molar-refractivity contribution >= 4 is 40.8 Å². The number of nitrogens with zero attached hydrogens (tertiary/aromatic N) is 1. The minimum Gasteiger partial charge on any atom is -0.297 e. The van der Waals surface area contributed by atoms with Crippen molar-refractivity contribution < 1.29 is 4.79 Å². The molecule has 2 aromatic rings. The molecule has 0 atom stereocenters. The van der Waals surface area contributed by atoms with E-state index in [9.17, 15) is 4.79 Å². The topological polar surface area (TPSA) is 30.0 Å². The first-order valence-corrected chi connectivity index (χ1v) is 5.64. The Morgan fingerprint density at radius 1 is 1.33 bits per heavy atom. The van der Waals surface area contributed by atoms with E-state index in [1.165, 1.54) is 17.5 Å². The van der Waals surface area contributed by atoms with E-state index < -0.39 is 0 Å². The van der Waals surface area contributed by atoms with Crippen LogP contribution >= 0.6 is 34.5 Å². The monoisotopic (exact) mass is 257 g/mol. The second-order valence-electron chi connectivity index (χ2n) is 2.81. The Labute approximate surface area is 100 Å². The number of aldehydes is 1. The molecule has 0 aliphatic rings. The highest BCUT2D eigenvalue weighted by Gasteiger charge is 2.08. The average molecular weight is 258 g/mol. The molecule has 0 radical (unpaired) electrons. The van der Waals surface area contributed by atoms with Crippen LogP contribution in [-0.2, 0) is 0 Å². The van der Waals surface area contributed by atoms with Gasteiger partial charge in [0.15, 0.2) is 6.29 Å². The Balaban J connectivity index is 2.52. The highest BCUT2D eigenvalue weighted by Crippen LogP contribution is 2.32. The summed E-state index contributed by atoms with van der Waals surface area (Å²) in [6, 6.07) is 5.15. The zero-order valence-electron chi connectivity index (χ0n) is 7.41. The van der Waals surface area contributed by atoms with Gasteiger partial charge in [-0.25, -0.2) is 4.98 Å². The van der Waals surface area contributed by atoms with Crippen LogP contribution in [0.5, 0.6) is 0 Å². The quantitative estimate of drug-likeness (QED) is 0.764. The lowest BCUT2D eigenvalue weighted by Crippen LogP contribution is -1.77. The highest BCUT2D eigenvalue weighted by molar-refractivity contribution is 7.16. The summed E-state index contributed by atoms with van der Waals surface area (Å²) in [6.07, 6.45) is 2.28. The van der Waals surface area contributed by atoms with E-state index in [4.69, 9.17) is 23.2 Å². The lowest BCUT2D eigenvalue weighted by Gasteiger charge is -1.99. The second-order valence-corrected chi connectivity index (χ2v) is 4.72. The number of carbonyl (C=O) groups is 1. The van der Waals surface area contributed by atoms with Crippen molar-refractivity contribution in [2.45, 2.75) is 0 Å². The van der Waals surface area contributed by atoms with Gasteiger partial charge in [-0.3, -0.25) is 4.79 Å². The smallest absolute Gasteiger partial charge is 0.161 e. The van der Waals surface area contributed by atoms with E-state index in [-0.39, 0.29) is 0 Å². The lowest BCUT2D eigenvalue weighted by atomic mass is 10.2. The van der Waals surface area contributed by atoms with Gasteiger partial charge in [0, 0.05) is 16.8 Å². The number of thiazole rings is 1. The summed E-state index contributed by atoms with van der Waals surface area (Å²) < 4.78 is 0. The summed E-state index contributed by atoms with van der Waals surface area (Å²) in [4.78, 5) is 15.2. The molecule has 0 fully saturated rings. The Morgan fingerprint density at radius 2 is 2.13 bits per heavy atom. The molecule has 0 unspecified atom stereocenters. The van der Waals surface area contributed by atoms with Gasteiger partial charge < -0.3 is 0 Å². The number of carbonyl (C=O) groups excluding carboxylic acids is 1. The normalized spacial score (nSPS) is 10.3. The van der Waals surface area contributed by atoms with Gasteiger partial charge in [0.1, 0.15) is 5.01 Å². The Kier molecular flexibility index (Phi) is 3.05. The Bertz CT molecular complexity index is 510. The van der Waals surface area contributed by atoms with Crippen molar-refractivity contribution in [3.63, 3.8) is 0 Å². The zero-order valence-corrected chi connectivity index (χ0v) is 9.73. The van der Waals surface area contributed by atoms with Crippen LogP contribution in [0.15, 0.2) is 24.4 Å². The second kappa shape index (κ2) is 4.31. The van der Waals surface area contributed by atoms with Crippen LogP contribution < -0.4 is 0 Å². The molecule has 0 bridgehead atoms. The molecule has 0 amide bonds. The van der Waals surface area contributed by atoms with Gasteiger partial charge >= 0.3 is 0 Å². The molecular weight excluding hydrogens is 253 g/mol. The number of benzene rings is 1. The van der Waals surface area contributed by atoms with Gasteiger partial charge in [0.25, 0.3) is 0 Å². The minimum absolute atomic E-state index is 0.570. The van der Waals surface area contributed by atoms with Gasteiger partial charge in [0.05, 0.1) is 9.90 Å². The number of aromatic nitrogens is 1. The van der Waals surface area contributed by atoms with Crippen LogP contribution in [0.4, 0.5) is 0 Å². The summed E-state index contributed by atoms with van der Waals surface area (Å²) in [6.45, 7) is 0. The number of rotatable bonds is 2. The Hall–Kier alpha value is -0.900. The molecule has 0 spiro atoms. The summed E-state index contributed by atoms with van der Waals surface area (Å²) in [5, 5.41) is 1.87. The molecule has 2 nitrogen and oxygen atoms in total. The summed E-state index contributed by atoms with van der Waals surface area (Å²) >= 11 is 13.1. The molecule has 2 rings (SSSR count). The molecule has 0 N–H and O–H groups in total. The maximum atomic E-state index is 10.5. The standard InChI is InChI=1S/C10H5Cl2NOS/c11-6-1-2-9(12)8(3-6)10-13-4-7(5-14)15-10/h1-5H. The molecule has 0 saturated carbocycles. The molecule has 0 aliphatic carbocycles. The number of hydrogen-bond donors (Lipinski definition) is 0. The van der Waals surface area contributed by atoms with Gasteiger partial charge in [-0.05, 0) is 18.2 Å². The third-order valence-electron chi connectivity index (χ3n) is 1.80. The summed E-state index contributed by atoms with van der Waals surface area (Å²) in [7, 11) is 0. The summed E-state index contributed by atoms with van der Waals surface area (Å²) in [5.74, 6) is 0. The van der Waals surface area contributed by atoms with Gasteiger partial charge in [-0.1, -0.05) is 23.2 Å². The molecule has 5 heteroatoms. The van der Waals surface area contributed by atoms with E-state index in [2.05, 4.69) is 4.98 Å². The highest BCUT2D eigenvalue weighted by atomic mass is 35.5. The van der Waals surface area contributed by atoms with Gasteiger partial charge in [0.2, 0.25) is 0 Å². The van der Waals surface area contributed by atoms with Crippen molar-refractivity contribution in [2.75, 3.05) is 0 Å². The lowest BCUT2D eigenvalue weighted by molar-refractivity contribution is 0.112. The van der Waals surface area contributed by atoms with Crippen LogP contribution in [0.1, 0.15) is 9.67 Å². The van der Waals surface area contributed by atoms with Crippen LogP contribution in [0.25, 0.3) is 10.6 Å². The van der Waals surface area contributed by atoms with Gasteiger partial charge in [-0.15, -0.1) is 11.3 Å². The molecule has 0 saturated heterocycles. The van der Waals surface area contributed by atoms with E-state index in [0.717, 1.165) is 11.8 Å². The maximum absolute atomic E-state index is 10.5. The third kappa shape index (κ3) is 2.20. The van der Waals surface area contributed by atoms with Crippen molar-refractivity contribution in [3.8, 4) is 10.6 Å². The molecule has 1 aromatic carbocycles. The first-order valence-electron chi connectivity index (χ1n) is 4.07. The van der Waals surface area contributed by atoms with E-state index in [0.29, 0.717) is 19.9 Å². The fourth-order valence-electron chi connectivity index (χ4n) is 1.13. The van der Waals surface area contributed by atoms with Crippen molar-refractivity contribution in [3.05, 3.63) is 39.3 Å². The predicted octanol–water partition coefficient (Wildman–Crippen LogP) is 3.93. The molecule has 76 valence electrons. The molecular formula is C10H5Cl2NOS. The molecule has 15 heavy (non-hydrogen) atoms. The first-order chi connectivity index (χ1) is 7.20. The first kappa shape index (κ1) is 10.6. The average Bonchev–Trinajstić information content (AvgIpc) is 2.70. The number of halogens is 2. The van der Waals surface area contributed by atoms with Crippen molar-refractivity contribution in [2.24, 2.45) is 0 Å². The predicted molar refractivity (Wildman–Crippen MR) is 63.0 cm³/mol. The Morgan fingerprint density at radius 3 is 2.80 bits per heavy atom.